The number of nitrogens with one attached hydrogen (secondary N) is 1. The zero-order chi connectivity index (χ0) is 11.3. The summed E-state index contributed by atoms with van der Waals surface area (Å²) in [5, 5.41) is 12.7. The Bertz CT molecular complexity index is 357. The highest BCUT2D eigenvalue weighted by molar-refractivity contribution is 6.30. The Morgan fingerprint density at radius 1 is 1.47 bits per heavy atom. The van der Waals surface area contributed by atoms with Crippen LogP contribution in [-0.2, 0) is 0 Å². The van der Waals surface area contributed by atoms with E-state index < -0.39 is 0 Å². The van der Waals surface area contributed by atoms with Gasteiger partial charge < -0.3 is 5.32 Å². The van der Waals surface area contributed by atoms with Crippen LogP contribution >= 0.6 is 11.6 Å². The normalized spacial score (nSPS) is 14.3. The molecule has 2 atom stereocenters. The number of hydrogen-bond donors (Lipinski definition) is 1. The smallest absolute Gasteiger partial charge is 0.0666 e. The van der Waals surface area contributed by atoms with Crippen molar-refractivity contribution in [3.05, 3.63) is 34.9 Å². The lowest BCUT2D eigenvalue weighted by atomic mass is 10.1. The lowest BCUT2D eigenvalue weighted by Gasteiger charge is -2.15. The average Bonchev–Trinajstić information content (AvgIpc) is 2.25. The van der Waals surface area contributed by atoms with Gasteiger partial charge in [-0.05, 0) is 31.5 Å². The summed E-state index contributed by atoms with van der Waals surface area (Å²) in [4.78, 5) is 0. The molecule has 2 nitrogen and oxygen atoms in total. The summed E-state index contributed by atoms with van der Waals surface area (Å²) < 4.78 is 0. The second kappa shape index (κ2) is 5.75. The van der Waals surface area contributed by atoms with E-state index in [1.54, 1.807) is 0 Å². The van der Waals surface area contributed by atoms with Crippen molar-refractivity contribution < 1.29 is 0 Å². The lowest BCUT2D eigenvalue weighted by molar-refractivity contribution is 0.528. The summed E-state index contributed by atoms with van der Waals surface area (Å²) in [5.41, 5.74) is 1.15. The molecule has 0 saturated carbocycles. The third kappa shape index (κ3) is 3.91. The van der Waals surface area contributed by atoms with Crippen LogP contribution in [0, 0.1) is 17.2 Å². The number of nitrogens with zero attached hydrogens (tertiary/aromatic N) is 1. The van der Waals surface area contributed by atoms with Crippen LogP contribution in [0.3, 0.4) is 0 Å². The molecule has 0 aliphatic carbocycles. The summed E-state index contributed by atoms with van der Waals surface area (Å²) in [6, 6.07) is 10.2. The second-order valence-corrected chi connectivity index (χ2v) is 4.15. The van der Waals surface area contributed by atoms with E-state index in [4.69, 9.17) is 16.9 Å². The molecular formula is C12H15ClN2. The fourth-order valence-electron chi connectivity index (χ4n) is 1.29. The topological polar surface area (TPSA) is 35.8 Å². The van der Waals surface area contributed by atoms with E-state index in [1.807, 2.05) is 31.2 Å². The zero-order valence-electron chi connectivity index (χ0n) is 9.00. The van der Waals surface area contributed by atoms with Gasteiger partial charge in [0.25, 0.3) is 0 Å². The molecule has 0 amide bonds. The maximum Gasteiger partial charge on any atom is 0.0666 e. The van der Waals surface area contributed by atoms with Gasteiger partial charge in [0.1, 0.15) is 0 Å². The van der Waals surface area contributed by atoms with Crippen molar-refractivity contribution in [3.63, 3.8) is 0 Å². The van der Waals surface area contributed by atoms with Gasteiger partial charge in [0.2, 0.25) is 0 Å². The SMILES string of the molecule is CC(C#N)CNC(C)c1cccc(Cl)c1. The van der Waals surface area contributed by atoms with E-state index in [2.05, 4.69) is 18.3 Å². The van der Waals surface area contributed by atoms with Crippen molar-refractivity contribution in [2.45, 2.75) is 19.9 Å². The van der Waals surface area contributed by atoms with E-state index in [-0.39, 0.29) is 12.0 Å². The highest BCUT2D eigenvalue weighted by Crippen LogP contribution is 2.17. The molecule has 0 aliphatic heterocycles. The van der Waals surface area contributed by atoms with Crippen molar-refractivity contribution in [1.82, 2.24) is 5.32 Å². The zero-order valence-corrected chi connectivity index (χ0v) is 9.75. The van der Waals surface area contributed by atoms with E-state index in [9.17, 15) is 0 Å². The van der Waals surface area contributed by atoms with E-state index >= 15 is 0 Å². The summed E-state index contributed by atoms with van der Waals surface area (Å²) in [6.45, 7) is 4.66. The van der Waals surface area contributed by atoms with Gasteiger partial charge in [0.15, 0.2) is 0 Å². The predicted molar refractivity (Wildman–Crippen MR) is 62.6 cm³/mol. The van der Waals surface area contributed by atoms with Crippen LogP contribution in [0.1, 0.15) is 25.5 Å². The molecule has 3 heteroatoms. The van der Waals surface area contributed by atoms with E-state index in [0.717, 1.165) is 10.6 Å². The first-order valence-electron chi connectivity index (χ1n) is 5.02. The molecular weight excluding hydrogens is 208 g/mol. The Labute approximate surface area is 95.9 Å². The van der Waals surface area contributed by atoms with Crippen LogP contribution < -0.4 is 5.32 Å². The van der Waals surface area contributed by atoms with Gasteiger partial charge in [-0.3, -0.25) is 0 Å². The monoisotopic (exact) mass is 222 g/mol. The molecule has 0 radical (unpaired) electrons. The number of rotatable bonds is 4. The quantitative estimate of drug-likeness (QED) is 0.850. The summed E-state index contributed by atoms with van der Waals surface area (Å²) >= 11 is 5.90. The van der Waals surface area contributed by atoms with Crippen LogP contribution in [0.5, 0.6) is 0 Å². The van der Waals surface area contributed by atoms with Crippen molar-refractivity contribution >= 4 is 11.6 Å². The minimum atomic E-state index is 0.0339. The van der Waals surface area contributed by atoms with E-state index in [1.165, 1.54) is 0 Å². The van der Waals surface area contributed by atoms with Crippen molar-refractivity contribution in [3.8, 4) is 6.07 Å². The molecule has 1 aromatic rings. The number of hydrogen-bond acceptors (Lipinski definition) is 2. The largest absolute Gasteiger partial charge is 0.309 e. The van der Waals surface area contributed by atoms with Gasteiger partial charge in [0.05, 0.1) is 12.0 Å². The van der Waals surface area contributed by atoms with Crippen molar-refractivity contribution in [2.24, 2.45) is 5.92 Å². The van der Waals surface area contributed by atoms with Crippen LogP contribution in [0.2, 0.25) is 5.02 Å². The van der Waals surface area contributed by atoms with Crippen LogP contribution in [0.15, 0.2) is 24.3 Å². The Kier molecular flexibility index (Phi) is 4.61. The number of halogens is 1. The standard InChI is InChI=1S/C12H15ClN2/c1-9(7-14)8-15-10(2)11-4-3-5-12(13)6-11/h3-6,9-10,15H,8H2,1-2H3. The van der Waals surface area contributed by atoms with Gasteiger partial charge in [0, 0.05) is 17.6 Å². The fraction of sp³-hybridized carbons (Fsp3) is 0.417. The maximum absolute atomic E-state index is 8.65. The highest BCUT2D eigenvalue weighted by atomic mass is 35.5. The molecule has 80 valence electrons. The molecule has 0 saturated heterocycles. The van der Waals surface area contributed by atoms with Gasteiger partial charge >= 0.3 is 0 Å². The molecule has 0 heterocycles. The minimum absolute atomic E-state index is 0.0339. The molecule has 2 unspecified atom stereocenters. The lowest BCUT2D eigenvalue weighted by Crippen LogP contribution is -2.23. The maximum atomic E-state index is 8.65. The van der Waals surface area contributed by atoms with Crippen LogP contribution in [0.4, 0.5) is 0 Å². The number of nitriles is 1. The Morgan fingerprint density at radius 3 is 2.80 bits per heavy atom. The molecule has 0 fully saturated rings. The molecule has 1 rings (SSSR count). The van der Waals surface area contributed by atoms with Gasteiger partial charge in [-0.1, -0.05) is 23.7 Å². The molecule has 0 spiro atoms. The molecule has 15 heavy (non-hydrogen) atoms. The minimum Gasteiger partial charge on any atom is -0.309 e. The van der Waals surface area contributed by atoms with Gasteiger partial charge in [-0.2, -0.15) is 5.26 Å². The molecule has 0 aliphatic rings. The first kappa shape index (κ1) is 12.0. The molecule has 1 aromatic carbocycles. The van der Waals surface area contributed by atoms with E-state index in [0.29, 0.717) is 6.54 Å². The molecule has 0 bridgehead atoms. The summed E-state index contributed by atoms with van der Waals surface area (Å²) in [5.74, 6) is 0.0339. The second-order valence-electron chi connectivity index (χ2n) is 3.72. The third-order valence-electron chi connectivity index (χ3n) is 2.30. The third-order valence-corrected chi connectivity index (χ3v) is 2.53. The molecule has 0 aromatic heterocycles. The van der Waals surface area contributed by atoms with Crippen LogP contribution in [-0.4, -0.2) is 6.54 Å². The van der Waals surface area contributed by atoms with Crippen LogP contribution in [0.25, 0.3) is 0 Å². The van der Waals surface area contributed by atoms with Gasteiger partial charge in [-0.15, -0.1) is 0 Å². The fourth-order valence-corrected chi connectivity index (χ4v) is 1.49. The van der Waals surface area contributed by atoms with Gasteiger partial charge in [-0.25, -0.2) is 0 Å². The Hall–Kier alpha value is -1.04. The summed E-state index contributed by atoms with van der Waals surface area (Å²) in [6.07, 6.45) is 0. The Balaban J connectivity index is 2.54. The summed E-state index contributed by atoms with van der Waals surface area (Å²) in [7, 11) is 0. The number of benzene rings is 1. The molecule has 1 N–H and O–H groups in total. The van der Waals surface area contributed by atoms with Crippen molar-refractivity contribution in [1.29, 1.82) is 5.26 Å². The van der Waals surface area contributed by atoms with Crippen molar-refractivity contribution in [2.75, 3.05) is 6.54 Å². The average molecular weight is 223 g/mol. The first-order chi connectivity index (χ1) is 7.13. The first-order valence-corrected chi connectivity index (χ1v) is 5.39. The predicted octanol–water partition coefficient (Wildman–Crippen LogP) is 3.15. The Morgan fingerprint density at radius 2 is 2.20 bits per heavy atom. The highest BCUT2D eigenvalue weighted by Gasteiger charge is 2.06.